The molecule has 12 rings (SSSR count). The van der Waals surface area contributed by atoms with Gasteiger partial charge in [0.15, 0.2) is 0 Å². The minimum atomic E-state index is -0.570. The zero-order valence-corrected chi connectivity index (χ0v) is 31.0. The Labute approximate surface area is 331 Å². The second-order valence-electron chi connectivity index (χ2n) is 15.1. The first-order chi connectivity index (χ1) is 28.3. The molecule has 1 aliphatic carbocycles. The predicted octanol–water partition coefficient (Wildman–Crippen LogP) is 13.7. The standard InChI is InChI=1S/C54H35N3/c1-4-18-36(19-5-1)38-34-46(37-20-6-2-7-21-37)55-51(35-38)57-48-30-16-13-27-43(48)54(44-28-14-17-31-49(44)57)42-26-12-10-24-40(42)52-45(54)32-33-50-53(52)41-25-11-15-29-47(41)56(50)39-22-8-3-9-23-39/h1-35H. The average Bonchev–Trinajstić information content (AvgIpc) is 3.78. The molecule has 0 unspecified atom stereocenters. The SMILES string of the molecule is c1ccc(-c2cc(-c3ccccc3)nc(N3c4ccccc4C4(c5ccccc5-c5c4ccc4c5c5ccccc5n4-c4ccccc4)c4ccccc43)c2)cc1. The fraction of sp³-hybridized carbons (Fsp3) is 0.0185. The van der Waals surface area contributed by atoms with Crippen molar-refractivity contribution in [3.05, 3.63) is 235 Å². The molecule has 0 N–H and O–H groups in total. The minimum Gasteiger partial charge on any atom is -0.309 e. The van der Waals surface area contributed by atoms with Crippen molar-refractivity contribution in [2.45, 2.75) is 5.41 Å². The van der Waals surface area contributed by atoms with Gasteiger partial charge in [0.05, 0.1) is 33.5 Å². The topological polar surface area (TPSA) is 21.1 Å². The van der Waals surface area contributed by atoms with Crippen molar-refractivity contribution in [2.75, 3.05) is 4.90 Å². The molecule has 3 nitrogen and oxygen atoms in total. The van der Waals surface area contributed by atoms with E-state index in [0.29, 0.717) is 0 Å². The Morgan fingerprint density at radius 2 is 0.982 bits per heavy atom. The number of anilines is 3. The number of hydrogen-bond acceptors (Lipinski definition) is 2. The molecule has 2 aliphatic rings. The van der Waals surface area contributed by atoms with Gasteiger partial charge in [0.1, 0.15) is 5.82 Å². The number of fused-ring (bicyclic) bond motifs is 13. The average molecular weight is 726 g/mol. The van der Waals surface area contributed by atoms with Gasteiger partial charge in [0, 0.05) is 22.0 Å². The van der Waals surface area contributed by atoms with Crippen molar-refractivity contribution < 1.29 is 0 Å². The van der Waals surface area contributed by atoms with E-state index in [0.717, 1.165) is 45.3 Å². The number of nitrogens with zero attached hydrogens (tertiary/aromatic N) is 3. The fourth-order valence-electron chi connectivity index (χ4n) is 9.94. The maximum absolute atomic E-state index is 5.48. The van der Waals surface area contributed by atoms with Crippen LogP contribution in [0.15, 0.2) is 212 Å². The summed E-state index contributed by atoms with van der Waals surface area (Å²) >= 11 is 0. The lowest BCUT2D eigenvalue weighted by molar-refractivity contribution is 0.752. The van der Waals surface area contributed by atoms with Gasteiger partial charge in [-0.1, -0.05) is 164 Å². The summed E-state index contributed by atoms with van der Waals surface area (Å²) in [5.74, 6) is 0.887. The maximum atomic E-state index is 5.48. The molecular formula is C54H35N3. The second-order valence-corrected chi connectivity index (χ2v) is 15.1. The molecule has 3 heterocycles. The molecule has 0 bridgehead atoms. The van der Waals surface area contributed by atoms with Crippen LogP contribution in [0.25, 0.3) is 61.0 Å². The molecule has 0 fully saturated rings. The second kappa shape index (κ2) is 12.3. The van der Waals surface area contributed by atoms with Crippen molar-refractivity contribution in [2.24, 2.45) is 0 Å². The lowest BCUT2D eigenvalue weighted by Gasteiger charge is -2.44. The summed E-state index contributed by atoms with van der Waals surface area (Å²) < 4.78 is 2.43. The van der Waals surface area contributed by atoms with Gasteiger partial charge in [-0.3, -0.25) is 4.90 Å². The Balaban J connectivity index is 1.17. The van der Waals surface area contributed by atoms with Gasteiger partial charge in [0.25, 0.3) is 0 Å². The summed E-state index contributed by atoms with van der Waals surface area (Å²) in [6.45, 7) is 0. The van der Waals surface area contributed by atoms with Gasteiger partial charge in [-0.15, -0.1) is 0 Å². The highest BCUT2D eigenvalue weighted by atomic mass is 15.2. The van der Waals surface area contributed by atoms with Gasteiger partial charge in [-0.05, 0) is 93.0 Å². The van der Waals surface area contributed by atoms with Gasteiger partial charge in [-0.2, -0.15) is 0 Å². The molecule has 0 atom stereocenters. The van der Waals surface area contributed by atoms with Crippen LogP contribution >= 0.6 is 0 Å². The van der Waals surface area contributed by atoms with Crippen molar-refractivity contribution in [3.8, 4) is 39.2 Å². The van der Waals surface area contributed by atoms with Crippen LogP contribution in [0.5, 0.6) is 0 Å². The number of benzene rings is 8. The highest BCUT2D eigenvalue weighted by Crippen LogP contribution is 2.64. The number of rotatable bonds is 4. The molecule has 3 heteroatoms. The summed E-state index contributed by atoms with van der Waals surface area (Å²) in [7, 11) is 0. The van der Waals surface area contributed by atoms with Crippen LogP contribution in [0.3, 0.4) is 0 Å². The van der Waals surface area contributed by atoms with E-state index in [-0.39, 0.29) is 0 Å². The lowest BCUT2D eigenvalue weighted by atomic mass is 9.64. The van der Waals surface area contributed by atoms with Crippen LogP contribution in [0.4, 0.5) is 17.2 Å². The van der Waals surface area contributed by atoms with Crippen LogP contribution in [-0.2, 0) is 5.41 Å². The fourth-order valence-corrected chi connectivity index (χ4v) is 9.94. The normalized spacial score (nSPS) is 13.4. The summed E-state index contributed by atoms with van der Waals surface area (Å²) in [6.07, 6.45) is 0. The molecule has 8 aromatic carbocycles. The van der Waals surface area contributed by atoms with Gasteiger partial charge in [0.2, 0.25) is 0 Å². The van der Waals surface area contributed by atoms with E-state index in [1.165, 1.54) is 55.2 Å². The Kier molecular flexibility index (Phi) is 6.84. The van der Waals surface area contributed by atoms with Gasteiger partial charge in [-0.25, -0.2) is 4.98 Å². The third-order valence-electron chi connectivity index (χ3n) is 12.2. The molecule has 0 amide bonds. The smallest absolute Gasteiger partial charge is 0.138 e. The number of pyridine rings is 1. The monoisotopic (exact) mass is 725 g/mol. The number of aromatic nitrogens is 2. The first-order valence-corrected chi connectivity index (χ1v) is 19.6. The zero-order chi connectivity index (χ0) is 37.5. The van der Waals surface area contributed by atoms with Crippen LogP contribution in [-0.4, -0.2) is 9.55 Å². The summed E-state index contributed by atoms with van der Waals surface area (Å²) in [5, 5.41) is 2.55. The van der Waals surface area contributed by atoms with Gasteiger partial charge >= 0.3 is 0 Å². The van der Waals surface area contributed by atoms with Crippen LogP contribution in [0, 0.1) is 0 Å². The Bertz CT molecular complexity index is 3080. The molecule has 266 valence electrons. The molecule has 0 saturated carbocycles. The van der Waals surface area contributed by atoms with E-state index >= 15 is 0 Å². The van der Waals surface area contributed by atoms with Crippen LogP contribution in [0.1, 0.15) is 22.3 Å². The molecule has 10 aromatic rings. The van der Waals surface area contributed by atoms with E-state index in [9.17, 15) is 0 Å². The Morgan fingerprint density at radius 1 is 0.404 bits per heavy atom. The van der Waals surface area contributed by atoms with Crippen molar-refractivity contribution >= 4 is 39.0 Å². The molecule has 0 radical (unpaired) electrons. The van der Waals surface area contributed by atoms with E-state index in [1.807, 2.05) is 0 Å². The highest BCUT2D eigenvalue weighted by Gasteiger charge is 2.52. The third-order valence-corrected chi connectivity index (χ3v) is 12.2. The molecule has 57 heavy (non-hydrogen) atoms. The van der Waals surface area contributed by atoms with Gasteiger partial charge < -0.3 is 4.57 Å². The maximum Gasteiger partial charge on any atom is 0.138 e. The van der Waals surface area contributed by atoms with Crippen molar-refractivity contribution in [1.82, 2.24) is 9.55 Å². The summed E-state index contributed by atoms with van der Waals surface area (Å²) in [5.41, 5.74) is 17.3. The Morgan fingerprint density at radius 3 is 1.70 bits per heavy atom. The van der Waals surface area contributed by atoms with Crippen LogP contribution < -0.4 is 4.90 Å². The highest BCUT2D eigenvalue weighted by molar-refractivity contribution is 6.18. The third kappa shape index (κ3) is 4.45. The molecule has 1 aliphatic heterocycles. The number of para-hydroxylation sites is 4. The van der Waals surface area contributed by atoms with E-state index < -0.39 is 5.41 Å². The number of hydrogen-bond donors (Lipinski definition) is 0. The minimum absolute atomic E-state index is 0.570. The molecular weight excluding hydrogens is 691 g/mol. The molecule has 0 saturated heterocycles. The van der Waals surface area contributed by atoms with Crippen molar-refractivity contribution in [1.29, 1.82) is 0 Å². The predicted molar refractivity (Wildman–Crippen MR) is 235 cm³/mol. The largest absolute Gasteiger partial charge is 0.309 e. The molecule has 1 spiro atoms. The Hall–Kier alpha value is -7.49. The zero-order valence-electron chi connectivity index (χ0n) is 31.0. The van der Waals surface area contributed by atoms with Crippen LogP contribution in [0.2, 0.25) is 0 Å². The van der Waals surface area contributed by atoms with Crippen molar-refractivity contribution in [3.63, 3.8) is 0 Å². The first-order valence-electron chi connectivity index (χ1n) is 19.6. The molecule has 2 aromatic heterocycles. The van der Waals surface area contributed by atoms with E-state index in [4.69, 9.17) is 4.98 Å². The van der Waals surface area contributed by atoms with E-state index in [1.54, 1.807) is 0 Å². The summed E-state index contributed by atoms with van der Waals surface area (Å²) in [6, 6.07) is 77.2. The summed E-state index contributed by atoms with van der Waals surface area (Å²) in [4.78, 5) is 7.88. The lowest BCUT2D eigenvalue weighted by Crippen LogP contribution is -2.36. The van der Waals surface area contributed by atoms with E-state index in [2.05, 4.69) is 222 Å². The first kappa shape index (κ1) is 31.8. The quantitative estimate of drug-likeness (QED) is 0.180.